The number of amides is 1. The molecule has 0 unspecified atom stereocenters. The Hall–Kier alpha value is -2.56. The predicted octanol–water partition coefficient (Wildman–Crippen LogP) is 3.41. The minimum absolute atomic E-state index is 0.108. The number of carboxylic acids is 1. The minimum atomic E-state index is -1.42. The highest BCUT2D eigenvalue weighted by molar-refractivity contribution is 6.09. The van der Waals surface area contributed by atoms with Crippen LogP contribution in [0.3, 0.4) is 0 Å². The standard InChI is InChI=1S/C17H19NO4/c1-11-7-5-8-12(2)14(11)18(17(3,4)16(20)21)15(19)13-9-6-10-22-13/h5-10H,1-4H3,(H,20,21). The Morgan fingerprint density at radius 1 is 1.09 bits per heavy atom. The Bertz CT molecular complexity index is 681. The van der Waals surface area contributed by atoms with Gasteiger partial charge in [-0.25, -0.2) is 4.79 Å². The summed E-state index contributed by atoms with van der Waals surface area (Å²) in [6.45, 7) is 6.70. The number of nitrogens with zero attached hydrogens (tertiary/aromatic N) is 1. The molecule has 5 heteroatoms. The third-order valence-corrected chi connectivity index (χ3v) is 3.68. The van der Waals surface area contributed by atoms with Gasteiger partial charge in [0.1, 0.15) is 5.54 Å². The van der Waals surface area contributed by atoms with Gasteiger partial charge in [-0.3, -0.25) is 9.69 Å². The van der Waals surface area contributed by atoms with E-state index in [1.807, 2.05) is 32.0 Å². The van der Waals surface area contributed by atoms with Crippen molar-refractivity contribution in [1.82, 2.24) is 0 Å². The summed E-state index contributed by atoms with van der Waals surface area (Å²) in [6, 6.07) is 8.70. The average molecular weight is 301 g/mol. The van der Waals surface area contributed by atoms with Gasteiger partial charge in [0.2, 0.25) is 0 Å². The highest BCUT2D eigenvalue weighted by atomic mass is 16.4. The lowest BCUT2D eigenvalue weighted by Gasteiger charge is -2.36. The summed E-state index contributed by atoms with van der Waals surface area (Å²) in [5, 5.41) is 9.58. The SMILES string of the molecule is Cc1cccc(C)c1N(C(=O)c1ccco1)C(C)(C)C(=O)O. The first-order chi connectivity index (χ1) is 10.3. The van der Waals surface area contributed by atoms with Crippen molar-refractivity contribution in [2.75, 3.05) is 4.90 Å². The van der Waals surface area contributed by atoms with Crippen molar-refractivity contribution in [2.45, 2.75) is 33.2 Å². The van der Waals surface area contributed by atoms with Crippen molar-refractivity contribution in [3.8, 4) is 0 Å². The Morgan fingerprint density at radius 2 is 1.68 bits per heavy atom. The number of para-hydroxylation sites is 1. The van der Waals surface area contributed by atoms with Gasteiger partial charge in [0.25, 0.3) is 5.91 Å². The van der Waals surface area contributed by atoms with Crippen LogP contribution in [-0.4, -0.2) is 22.5 Å². The Balaban J connectivity index is 2.66. The van der Waals surface area contributed by atoms with E-state index in [2.05, 4.69) is 0 Å². The maximum Gasteiger partial charge on any atom is 0.329 e. The number of carbonyl (C=O) groups is 2. The molecule has 2 aromatic rings. The molecule has 22 heavy (non-hydrogen) atoms. The first-order valence-corrected chi connectivity index (χ1v) is 6.94. The number of anilines is 1. The van der Waals surface area contributed by atoms with Crippen LogP contribution in [0.5, 0.6) is 0 Å². The quantitative estimate of drug-likeness (QED) is 0.939. The zero-order chi connectivity index (χ0) is 16.5. The van der Waals surface area contributed by atoms with Crippen LogP contribution in [0.4, 0.5) is 5.69 Å². The predicted molar refractivity (Wildman–Crippen MR) is 83.1 cm³/mol. The number of furan rings is 1. The van der Waals surface area contributed by atoms with E-state index in [1.165, 1.54) is 31.1 Å². The summed E-state index contributed by atoms with van der Waals surface area (Å²) in [5.41, 5.74) is 0.834. The molecular formula is C17H19NO4. The van der Waals surface area contributed by atoms with Crippen molar-refractivity contribution in [1.29, 1.82) is 0 Å². The molecular weight excluding hydrogens is 282 g/mol. The number of rotatable bonds is 4. The number of benzene rings is 1. The number of carboxylic acid groups (broad SMARTS) is 1. The molecule has 0 atom stereocenters. The van der Waals surface area contributed by atoms with Crippen molar-refractivity contribution in [3.63, 3.8) is 0 Å². The summed E-state index contributed by atoms with van der Waals surface area (Å²) in [7, 11) is 0. The fraction of sp³-hybridized carbons (Fsp3) is 0.294. The molecule has 1 aromatic heterocycles. The smallest absolute Gasteiger partial charge is 0.329 e. The minimum Gasteiger partial charge on any atom is -0.480 e. The van der Waals surface area contributed by atoms with E-state index in [4.69, 9.17) is 4.42 Å². The van der Waals surface area contributed by atoms with E-state index >= 15 is 0 Å². The fourth-order valence-corrected chi connectivity index (χ4v) is 2.40. The zero-order valence-electron chi connectivity index (χ0n) is 13.1. The summed E-state index contributed by atoms with van der Waals surface area (Å²) in [6.07, 6.45) is 1.39. The largest absolute Gasteiger partial charge is 0.480 e. The number of hydrogen-bond donors (Lipinski definition) is 1. The maximum atomic E-state index is 12.8. The van der Waals surface area contributed by atoms with Crippen molar-refractivity contribution in [3.05, 3.63) is 53.5 Å². The van der Waals surface area contributed by atoms with Crippen molar-refractivity contribution >= 4 is 17.6 Å². The highest BCUT2D eigenvalue weighted by Crippen LogP contribution is 2.32. The average Bonchev–Trinajstić information content (AvgIpc) is 2.96. The molecule has 0 radical (unpaired) electrons. The van der Waals surface area contributed by atoms with E-state index in [0.29, 0.717) is 5.69 Å². The van der Waals surface area contributed by atoms with Crippen LogP contribution in [0.2, 0.25) is 0 Å². The van der Waals surface area contributed by atoms with Crippen LogP contribution in [0.1, 0.15) is 35.5 Å². The zero-order valence-corrected chi connectivity index (χ0v) is 13.1. The van der Waals surface area contributed by atoms with Crippen LogP contribution < -0.4 is 4.90 Å². The fourth-order valence-electron chi connectivity index (χ4n) is 2.40. The molecule has 0 aliphatic carbocycles. The second-order valence-corrected chi connectivity index (χ2v) is 5.72. The molecule has 0 saturated heterocycles. The molecule has 116 valence electrons. The van der Waals surface area contributed by atoms with Crippen LogP contribution in [0.15, 0.2) is 41.0 Å². The van der Waals surface area contributed by atoms with Gasteiger partial charge < -0.3 is 9.52 Å². The lowest BCUT2D eigenvalue weighted by Crippen LogP contribution is -2.54. The van der Waals surface area contributed by atoms with Crippen LogP contribution in [0, 0.1) is 13.8 Å². The van der Waals surface area contributed by atoms with Crippen LogP contribution in [0.25, 0.3) is 0 Å². The van der Waals surface area contributed by atoms with Gasteiger partial charge >= 0.3 is 5.97 Å². The normalized spacial score (nSPS) is 11.3. The molecule has 0 spiro atoms. The second kappa shape index (κ2) is 5.67. The molecule has 1 amide bonds. The van der Waals surface area contributed by atoms with Gasteiger partial charge in [0, 0.05) is 0 Å². The van der Waals surface area contributed by atoms with E-state index < -0.39 is 17.4 Å². The molecule has 0 bridgehead atoms. The van der Waals surface area contributed by atoms with Gasteiger partial charge in [-0.15, -0.1) is 0 Å². The molecule has 0 aliphatic heterocycles. The Labute approximate surface area is 129 Å². The molecule has 1 aromatic carbocycles. The molecule has 1 N–H and O–H groups in total. The molecule has 0 saturated carbocycles. The number of hydrogen-bond acceptors (Lipinski definition) is 3. The second-order valence-electron chi connectivity index (χ2n) is 5.72. The summed E-state index contributed by atoms with van der Waals surface area (Å²) in [4.78, 5) is 25.8. The molecule has 5 nitrogen and oxygen atoms in total. The van der Waals surface area contributed by atoms with E-state index in [9.17, 15) is 14.7 Å². The van der Waals surface area contributed by atoms with Gasteiger partial charge in [-0.05, 0) is 51.0 Å². The first kappa shape index (κ1) is 15.8. The molecule has 2 rings (SSSR count). The topological polar surface area (TPSA) is 70.8 Å². The molecule has 1 heterocycles. The highest BCUT2D eigenvalue weighted by Gasteiger charge is 2.41. The van der Waals surface area contributed by atoms with E-state index in [-0.39, 0.29) is 5.76 Å². The Morgan fingerprint density at radius 3 is 2.14 bits per heavy atom. The molecule has 0 fully saturated rings. The Kier molecular flexibility index (Phi) is 4.08. The van der Waals surface area contributed by atoms with Crippen molar-refractivity contribution in [2.24, 2.45) is 0 Å². The van der Waals surface area contributed by atoms with E-state index in [1.54, 1.807) is 6.07 Å². The third kappa shape index (κ3) is 2.62. The van der Waals surface area contributed by atoms with Gasteiger partial charge in [0.05, 0.1) is 12.0 Å². The number of aryl methyl sites for hydroxylation is 2. The van der Waals surface area contributed by atoms with Crippen LogP contribution >= 0.6 is 0 Å². The maximum absolute atomic E-state index is 12.8. The van der Waals surface area contributed by atoms with E-state index in [0.717, 1.165) is 11.1 Å². The number of carbonyl (C=O) groups excluding carboxylic acids is 1. The first-order valence-electron chi connectivity index (χ1n) is 6.94. The number of aliphatic carboxylic acids is 1. The lowest BCUT2D eigenvalue weighted by atomic mass is 9.97. The van der Waals surface area contributed by atoms with Crippen LogP contribution in [-0.2, 0) is 4.79 Å². The summed E-state index contributed by atoms with van der Waals surface area (Å²) in [5.74, 6) is -1.46. The summed E-state index contributed by atoms with van der Waals surface area (Å²) < 4.78 is 5.17. The molecule has 0 aliphatic rings. The summed E-state index contributed by atoms with van der Waals surface area (Å²) >= 11 is 0. The third-order valence-electron chi connectivity index (χ3n) is 3.68. The van der Waals surface area contributed by atoms with Gasteiger partial charge in [-0.2, -0.15) is 0 Å². The van der Waals surface area contributed by atoms with Gasteiger partial charge in [-0.1, -0.05) is 18.2 Å². The lowest BCUT2D eigenvalue weighted by molar-refractivity contribution is -0.141. The van der Waals surface area contributed by atoms with Gasteiger partial charge in [0.15, 0.2) is 5.76 Å². The van der Waals surface area contributed by atoms with Crippen molar-refractivity contribution < 1.29 is 19.1 Å². The monoisotopic (exact) mass is 301 g/mol.